The molecule has 0 bridgehead atoms. The van der Waals surface area contributed by atoms with Crippen molar-refractivity contribution in [2.75, 3.05) is 12.4 Å². The Kier molecular flexibility index (Phi) is 8.82. The molecule has 1 fully saturated rings. The van der Waals surface area contributed by atoms with E-state index < -0.39 is 23.8 Å². The van der Waals surface area contributed by atoms with Crippen molar-refractivity contribution >= 4 is 23.6 Å². The molecule has 0 aromatic heterocycles. The van der Waals surface area contributed by atoms with E-state index >= 15 is 0 Å². The summed E-state index contributed by atoms with van der Waals surface area (Å²) in [5, 5.41) is 5.55. The first-order valence-electron chi connectivity index (χ1n) is 12.4. The molecule has 3 amide bonds. The number of ether oxygens (including phenoxy) is 2. The lowest BCUT2D eigenvalue weighted by atomic mass is 9.88. The lowest BCUT2D eigenvalue weighted by Gasteiger charge is -2.43. The van der Waals surface area contributed by atoms with E-state index in [1.54, 1.807) is 88.2 Å². The van der Waals surface area contributed by atoms with Gasteiger partial charge < -0.3 is 25.0 Å². The summed E-state index contributed by atoms with van der Waals surface area (Å²) in [6.07, 6.45) is 7.30. The zero-order valence-corrected chi connectivity index (χ0v) is 22.0. The monoisotopic (exact) mass is 505 g/mol. The van der Waals surface area contributed by atoms with Crippen molar-refractivity contribution in [3.05, 3.63) is 59.7 Å². The molecule has 1 aliphatic rings. The summed E-state index contributed by atoms with van der Waals surface area (Å²) in [7, 11) is 1.57. The van der Waals surface area contributed by atoms with Crippen LogP contribution < -0.4 is 15.4 Å². The Labute approximate surface area is 218 Å². The van der Waals surface area contributed by atoms with E-state index in [1.165, 1.54) is 0 Å². The molecule has 2 atom stereocenters. The van der Waals surface area contributed by atoms with Crippen LogP contribution in [0.5, 0.6) is 5.75 Å². The van der Waals surface area contributed by atoms with Crippen LogP contribution in [0.4, 0.5) is 10.5 Å². The second-order valence-corrected chi connectivity index (χ2v) is 10.1. The van der Waals surface area contributed by atoms with Gasteiger partial charge in [0.1, 0.15) is 23.4 Å². The number of nitrogens with zero attached hydrogens (tertiary/aromatic N) is 1. The molecular weight excluding hydrogens is 470 g/mol. The molecule has 196 valence electrons. The van der Waals surface area contributed by atoms with Gasteiger partial charge in [0, 0.05) is 17.3 Å². The van der Waals surface area contributed by atoms with Crippen molar-refractivity contribution in [3.8, 4) is 18.1 Å². The first-order chi connectivity index (χ1) is 17.5. The van der Waals surface area contributed by atoms with Crippen LogP contribution in [0.25, 0.3) is 0 Å². The first kappa shape index (κ1) is 27.6. The average molecular weight is 506 g/mol. The SMILES string of the molecule is C#Cc1ccc(C(C(=O)Nc2ccc(OC)cc2)N(C(=O)C(C)NC(=O)OC(C)(C)C)C2CCC2)cc1. The molecule has 0 aliphatic heterocycles. The summed E-state index contributed by atoms with van der Waals surface area (Å²) < 4.78 is 10.5. The van der Waals surface area contributed by atoms with Crippen LogP contribution in [-0.4, -0.2) is 47.6 Å². The Hall–Kier alpha value is -3.99. The summed E-state index contributed by atoms with van der Waals surface area (Å²) in [5.74, 6) is 2.49. The Morgan fingerprint density at radius 3 is 2.16 bits per heavy atom. The highest BCUT2D eigenvalue weighted by molar-refractivity contribution is 5.99. The number of rotatable bonds is 8. The number of hydrogen-bond acceptors (Lipinski definition) is 5. The molecule has 1 saturated carbocycles. The van der Waals surface area contributed by atoms with E-state index in [2.05, 4.69) is 16.6 Å². The molecule has 2 aromatic rings. The molecule has 1 aliphatic carbocycles. The van der Waals surface area contributed by atoms with Crippen molar-refractivity contribution < 1.29 is 23.9 Å². The minimum absolute atomic E-state index is 0.144. The standard InChI is InChI=1S/C29H35N3O5/c1-7-20-11-13-21(14-12-20)25(26(33)31-22-15-17-24(36-6)18-16-22)32(23-9-8-10-23)27(34)19(2)30-28(35)37-29(3,4)5/h1,11-19,23,25H,8-10H2,2-6H3,(H,30,35)(H,31,33). The van der Waals surface area contributed by atoms with E-state index in [0.717, 1.165) is 19.3 Å². The van der Waals surface area contributed by atoms with Crippen LogP contribution in [0.3, 0.4) is 0 Å². The molecule has 2 aromatic carbocycles. The van der Waals surface area contributed by atoms with Crippen molar-refractivity contribution in [3.63, 3.8) is 0 Å². The van der Waals surface area contributed by atoms with E-state index in [4.69, 9.17) is 15.9 Å². The van der Waals surface area contributed by atoms with Gasteiger partial charge in [-0.15, -0.1) is 6.42 Å². The highest BCUT2D eigenvalue weighted by Gasteiger charge is 2.41. The number of carbonyl (C=O) groups excluding carboxylic acids is 3. The first-order valence-corrected chi connectivity index (χ1v) is 12.4. The fourth-order valence-electron chi connectivity index (χ4n) is 4.04. The molecule has 0 radical (unpaired) electrons. The van der Waals surface area contributed by atoms with E-state index in [9.17, 15) is 14.4 Å². The van der Waals surface area contributed by atoms with Gasteiger partial charge in [-0.25, -0.2) is 4.79 Å². The molecule has 8 nitrogen and oxygen atoms in total. The lowest BCUT2D eigenvalue weighted by Crippen LogP contribution is -2.56. The summed E-state index contributed by atoms with van der Waals surface area (Å²) in [6.45, 7) is 6.84. The van der Waals surface area contributed by atoms with Gasteiger partial charge in [0.05, 0.1) is 7.11 Å². The number of carbonyl (C=O) groups is 3. The Bertz CT molecular complexity index is 1140. The van der Waals surface area contributed by atoms with Gasteiger partial charge in [-0.3, -0.25) is 9.59 Å². The van der Waals surface area contributed by atoms with Crippen LogP contribution >= 0.6 is 0 Å². The van der Waals surface area contributed by atoms with Crippen molar-refractivity contribution in [1.29, 1.82) is 0 Å². The number of terminal acetylenes is 1. The largest absolute Gasteiger partial charge is 0.497 e. The summed E-state index contributed by atoms with van der Waals surface area (Å²) in [5.41, 5.74) is 1.14. The fraction of sp³-hybridized carbons (Fsp3) is 0.414. The number of nitrogens with one attached hydrogen (secondary N) is 2. The highest BCUT2D eigenvalue weighted by atomic mass is 16.6. The molecule has 0 spiro atoms. The minimum Gasteiger partial charge on any atom is -0.497 e. The predicted molar refractivity (Wildman–Crippen MR) is 142 cm³/mol. The number of methoxy groups -OCH3 is 1. The van der Waals surface area contributed by atoms with Gasteiger partial charge in [-0.05, 0) is 88.9 Å². The van der Waals surface area contributed by atoms with Gasteiger partial charge in [0.15, 0.2) is 0 Å². The molecule has 0 saturated heterocycles. The summed E-state index contributed by atoms with van der Waals surface area (Å²) in [4.78, 5) is 41.5. The number of benzene rings is 2. The van der Waals surface area contributed by atoms with Crippen molar-refractivity contribution in [1.82, 2.24) is 10.2 Å². The van der Waals surface area contributed by atoms with Crippen molar-refractivity contribution in [2.45, 2.75) is 70.7 Å². The van der Waals surface area contributed by atoms with Crippen LogP contribution in [0.2, 0.25) is 0 Å². The third-order valence-corrected chi connectivity index (χ3v) is 6.10. The van der Waals surface area contributed by atoms with Crippen LogP contribution in [0.1, 0.15) is 64.1 Å². The quantitative estimate of drug-likeness (QED) is 0.509. The molecule has 2 unspecified atom stereocenters. The average Bonchev–Trinajstić information content (AvgIpc) is 2.81. The van der Waals surface area contributed by atoms with E-state index in [0.29, 0.717) is 22.6 Å². The van der Waals surface area contributed by atoms with Gasteiger partial charge in [0.2, 0.25) is 5.91 Å². The maximum absolute atomic E-state index is 13.8. The predicted octanol–water partition coefficient (Wildman–Crippen LogP) is 4.65. The Morgan fingerprint density at radius 1 is 1.05 bits per heavy atom. The van der Waals surface area contributed by atoms with E-state index in [-0.39, 0.29) is 17.9 Å². The Morgan fingerprint density at radius 2 is 1.68 bits per heavy atom. The Balaban J connectivity index is 1.94. The number of anilines is 1. The van der Waals surface area contributed by atoms with Crippen LogP contribution in [0, 0.1) is 12.3 Å². The van der Waals surface area contributed by atoms with Gasteiger partial charge >= 0.3 is 6.09 Å². The highest BCUT2D eigenvalue weighted by Crippen LogP contribution is 2.34. The molecular formula is C29H35N3O5. The fourth-order valence-corrected chi connectivity index (χ4v) is 4.04. The second-order valence-electron chi connectivity index (χ2n) is 10.1. The normalized spacial score (nSPS) is 14.8. The second kappa shape index (κ2) is 11.8. The van der Waals surface area contributed by atoms with Crippen LogP contribution in [-0.2, 0) is 14.3 Å². The molecule has 2 N–H and O–H groups in total. The third-order valence-electron chi connectivity index (χ3n) is 6.10. The van der Waals surface area contributed by atoms with Gasteiger partial charge in [-0.1, -0.05) is 18.1 Å². The smallest absolute Gasteiger partial charge is 0.408 e. The number of alkyl carbamates (subject to hydrolysis) is 1. The molecule has 37 heavy (non-hydrogen) atoms. The maximum atomic E-state index is 13.8. The maximum Gasteiger partial charge on any atom is 0.408 e. The van der Waals surface area contributed by atoms with Gasteiger partial charge in [0.25, 0.3) is 5.91 Å². The van der Waals surface area contributed by atoms with Gasteiger partial charge in [-0.2, -0.15) is 0 Å². The third kappa shape index (κ3) is 7.26. The minimum atomic E-state index is -0.936. The zero-order valence-electron chi connectivity index (χ0n) is 22.0. The topological polar surface area (TPSA) is 97.0 Å². The summed E-state index contributed by atoms with van der Waals surface area (Å²) >= 11 is 0. The van der Waals surface area contributed by atoms with Crippen LogP contribution in [0.15, 0.2) is 48.5 Å². The van der Waals surface area contributed by atoms with E-state index in [1.807, 2.05) is 0 Å². The summed E-state index contributed by atoms with van der Waals surface area (Å²) in [6, 6.07) is 12.0. The zero-order chi connectivity index (χ0) is 27.2. The number of hydrogen-bond donors (Lipinski definition) is 2. The lowest BCUT2D eigenvalue weighted by molar-refractivity contribution is -0.145. The molecule has 8 heteroatoms. The molecule has 3 rings (SSSR count). The molecule has 0 heterocycles. The van der Waals surface area contributed by atoms with Crippen molar-refractivity contribution in [2.24, 2.45) is 0 Å². The number of amides is 3.